The number of hydrazone groups is 1. The molecule has 0 saturated carbocycles. The molecule has 0 radical (unpaired) electrons. The van der Waals surface area contributed by atoms with E-state index in [2.05, 4.69) is 20.0 Å². The van der Waals surface area contributed by atoms with Gasteiger partial charge in [0.05, 0.1) is 23.3 Å². The number of rotatable bonds is 6. The molecule has 34 heavy (non-hydrogen) atoms. The van der Waals surface area contributed by atoms with Gasteiger partial charge in [0.2, 0.25) is 0 Å². The fraction of sp³-hybridized carbons (Fsp3) is 0.208. The van der Waals surface area contributed by atoms with E-state index in [1.54, 1.807) is 49.4 Å². The molecule has 0 unspecified atom stereocenters. The highest BCUT2D eigenvalue weighted by Crippen LogP contribution is 2.30. The Morgan fingerprint density at radius 3 is 2.41 bits per heavy atom. The smallest absolute Gasteiger partial charge is 0.337 e. The van der Waals surface area contributed by atoms with Crippen LogP contribution in [0.1, 0.15) is 50.6 Å². The quantitative estimate of drug-likeness (QED) is 0.409. The van der Waals surface area contributed by atoms with Crippen molar-refractivity contribution in [1.29, 1.82) is 0 Å². The molecule has 1 aliphatic rings. The van der Waals surface area contributed by atoms with Crippen LogP contribution in [0, 0.1) is 6.92 Å². The van der Waals surface area contributed by atoms with Crippen molar-refractivity contribution in [3.63, 3.8) is 0 Å². The van der Waals surface area contributed by atoms with Gasteiger partial charge in [-0.25, -0.2) is 4.79 Å². The molecule has 2 N–H and O–H groups in total. The van der Waals surface area contributed by atoms with Crippen LogP contribution in [-0.2, 0) is 21.2 Å². The molecule has 2 aromatic carbocycles. The Hall–Kier alpha value is -3.92. The molecule has 0 aliphatic heterocycles. The summed E-state index contributed by atoms with van der Waals surface area (Å²) in [6, 6.07) is 14.2. The van der Waals surface area contributed by atoms with E-state index in [9.17, 15) is 18.0 Å². The van der Waals surface area contributed by atoms with Crippen molar-refractivity contribution in [2.45, 2.75) is 31.1 Å². The number of amides is 1. The van der Waals surface area contributed by atoms with Crippen molar-refractivity contribution >= 4 is 33.3 Å². The van der Waals surface area contributed by atoms with Crippen LogP contribution in [0.2, 0.25) is 0 Å². The van der Waals surface area contributed by atoms with Gasteiger partial charge in [-0.1, -0.05) is 18.2 Å². The summed E-state index contributed by atoms with van der Waals surface area (Å²) in [5.74, 6) is -0.209. The average molecular weight is 482 g/mol. The number of aryl methyl sites for hydroxylation is 1. The van der Waals surface area contributed by atoms with Crippen LogP contribution in [0.25, 0.3) is 0 Å². The van der Waals surface area contributed by atoms with E-state index in [1.807, 2.05) is 0 Å². The minimum absolute atomic E-state index is 0.109. The first-order chi connectivity index (χ1) is 16.3. The van der Waals surface area contributed by atoms with Crippen LogP contribution >= 0.6 is 0 Å². The first kappa shape index (κ1) is 23.2. The van der Waals surface area contributed by atoms with E-state index in [-0.39, 0.29) is 10.7 Å². The van der Waals surface area contributed by atoms with E-state index in [0.717, 1.165) is 0 Å². The second kappa shape index (κ2) is 9.52. The van der Waals surface area contributed by atoms with Crippen LogP contribution < -0.4 is 10.1 Å². The minimum atomic E-state index is -3.82. The molecule has 4 rings (SSSR count). The lowest BCUT2D eigenvalue weighted by atomic mass is 9.93. The zero-order chi connectivity index (χ0) is 24.3. The standard InChI is InChI=1S/C24H23N3O6S/c1-15-21-19(26-27-34(30,31)18-7-4-3-5-8-18)9-6-10-20(21)33-22(15)23(28)25-17-13-11-16(12-14-17)24(29)32-2/h3-5,7-8,11-14,27H,6,9-10H2,1-2H3,(H,25,28)/b26-19+. The SMILES string of the molecule is COC(=O)c1ccc(NC(=O)c2oc3c(c2C)/C(=N/NS(=O)(=O)c2ccccc2)CCC3)cc1. The number of hydrogen-bond donors (Lipinski definition) is 2. The summed E-state index contributed by atoms with van der Waals surface area (Å²) in [5.41, 5.74) is 2.59. The maximum absolute atomic E-state index is 12.9. The highest BCUT2D eigenvalue weighted by molar-refractivity contribution is 7.89. The summed E-state index contributed by atoms with van der Waals surface area (Å²) < 4.78 is 35.6. The molecule has 0 spiro atoms. The zero-order valence-electron chi connectivity index (χ0n) is 18.6. The van der Waals surface area contributed by atoms with Gasteiger partial charge in [-0.15, -0.1) is 0 Å². The lowest BCUT2D eigenvalue weighted by molar-refractivity contribution is 0.0600. The second-order valence-corrected chi connectivity index (χ2v) is 9.36. The highest BCUT2D eigenvalue weighted by atomic mass is 32.2. The number of anilines is 1. The minimum Gasteiger partial charge on any atom is -0.465 e. The Morgan fingerprint density at radius 2 is 1.74 bits per heavy atom. The van der Waals surface area contributed by atoms with Crippen molar-refractivity contribution in [1.82, 2.24) is 4.83 Å². The fourth-order valence-electron chi connectivity index (χ4n) is 3.76. The topological polar surface area (TPSA) is 127 Å². The van der Waals surface area contributed by atoms with Crippen molar-refractivity contribution in [3.8, 4) is 0 Å². The van der Waals surface area contributed by atoms with Gasteiger partial charge in [0.15, 0.2) is 5.76 Å². The summed E-state index contributed by atoms with van der Waals surface area (Å²) in [5, 5.41) is 6.92. The molecule has 0 bridgehead atoms. The molecule has 9 nitrogen and oxygen atoms in total. The van der Waals surface area contributed by atoms with Gasteiger partial charge in [-0.05, 0) is 56.2 Å². The highest BCUT2D eigenvalue weighted by Gasteiger charge is 2.28. The number of esters is 1. The predicted molar refractivity (Wildman–Crippen MR) is 125 cm³/mol. The Bertz CT molecular complexity index is 1360. The third-order valence-electron chi connectivity index (χ3n) is 5.45. The van der Waals surface area contributed by atoms with Crippen LogP contribution in [0.3, 0.4) is 0 Å². The number of hydrogen-bond acceptors (Lipinski definition) is 7. The maximum Gasteiger partial charge on any atom is 0.337 e. The molecule has 0 fully saturated rings. The van der Waals surface area contributed by atoms with Crippen LogP contribution in [0.4, 0.5) is 5.69 Å². The number of nitrogens with zero attached hydrogens (tertiary/aromatic N) is 1. The first-order valence-electron chi connectivity index (χ1n) is 10.6. The molecule has 1 aliphatic carbocycles. The van der Waals surface area contributed by atoms with E-state index in [1.165, 1.54) is 19.2 Å². The van der Waals surface area contributed by atoms with Crippen molar-refractivity contribution in [2.75, 3.05) is 12.4 Å². The first-order valence-corrected chi connectivity index (χ1v) is 12.0. The summed E-state index contributed by atoms with van der Waals surface area (Å²) in [6.45, 7) is 1.74. The summed E-state index contributed by atoms with van der Waals surface area (Å²) >= 11 is 0. The summed E-state index contributed by atoms with van der Waals surface area (Å²) in [7, 11) is -2.52. The van der Waals surface area contributed by atoms with Gasteiger partial charge in [-0.2, -0.15) is 18.4 Å². The normalized spacial score (nSPS) is 14.4. The molecule has 3 aromatic rings. The number of methoxy groups -OCH3 is 1. The lowest BCUT2D eigenvalue weighted by Gasteiger charge is -2.14. The third kappa shape index (κ3) is 4.72. The summed E-state index contributed by atoms with van der Waals surface area (Å²) in [4.78, 5) is 26.9. The van der Waals surface area contributed by atoms with Gasteiger partial charge in [0.25, 0.3) is 15.9 Å². The molecule has 10 heteroatoms. The fourth-order valence-corrected chi connectivity index (χ4v) is 4.61. The molecule has 1 aromatic heterocycles. The molecule has 0 atom stereocenters. The van der Waals surface area contributed by atoms with Gasteiger partial charge < -0.3 is 14.5 Å². The van der Waals surface area contributed by atoms with Crippen molar-refractivity contribution in [3.05, 3.63) is 82.8 Å². The number of nitrogens with one attached hydrogen (secondary N) is 2. The second-order valence-electron chi connectivity index (χ2n) is 7.70. The number of benzene rings is 2. The number of furan rings is 1. The zero-order valence-corrected chi connectivity index (χ0v) is 19.4. The number of fused-ring (bicyclic) bond motifs is 1. The van der Waals surface area contributed by atoms with Crippen molar-refractivity contribution in [2.24, 2.45) is 5.10 Å². The molecule has 176 valence electrons. The number of ether oxygens (including phenoxy) is 1. The molecular weight excluding hydrogens is 458 g/mol. The summed E-state index contributed by atoms with van der Waals surface area (Å²) in [6.07, 6.45) is 1.87. The number of carbonyl (C=O) groups excluding carboxylic acids is 2. The lowest BCUT2D eigenvalue weighted by Crippen LogP contribution is -2.22. The maximum atomic E-state index is 12.9. The molecule has 1 heterocycles. The van der Waals surface area contributed by atoms with Crippen LogP contribution in [0.5, 0.6) is 0 Å². The van der Waals surface area contributed by atoms with Crippen LogP contribution in [0.15, 0.2) is 69.0 Å². The van der Waals surface area contributed by atoms with Crippen LogP contribution in [-0.4, -0.2) is 33.1 Å². The largest absolute Gasteiger partial charge is 0.465 e. The van der Waals surface area contributed by atoms with Gasteiger partial charge >= 0.3 is 5.97 Å². The van der Waals surface area contributed by atoms with Crippen molar-refractivity contribution < 1.29 is 27.2 Å². The van der Waals surface area contributed by atoms with E-state index in [4.69, 9.17) is 4.42 Å². The van der Waals surface area contributed by atoms with E-state index in [0.29, 0.717) is 53.1 Å². The predicted octanol–water partition coefficient (Wildman–Crippen LogP) is 3.65. The van der Waals surface area contributed by atoms with E-state index >= 15 is 0 Å². The molecular formula is C24H23N3O6S. The van der Waals surface area contributed by atoms with Gasteiger partial charge in [0, 0.05) is 23.2 Å². The molecule has 0 saturated heterocycles. The number of sulfonamides is 1. The monoisotopic (exact) mass is 481 g/mol. The third-order valence-corrected chi connectivity index (χ3v) is 6.67. The average Bonchev–Trinajstić information content (AvgIpc) is 3.20. The Labute approximate surface area is 196 Å². The molecule has 1 amide bonds. The van der Waals surface area contributed by atoms with E-state index < -0.39 is 21.9 Å². The number of carbonyl (C=O) groups is 2. The Balaban J connectivity index is 1.56. The van der Waals surface area contributed by atoms with Gasteiger partial charge in [0.1, 0.15) is 5.76 Å². The Morgan fingerprint density at radius 1 is 1.03 bits per heavy atom. The van der Waals surface area contributed by atoms with Gasteiger partial charge in [-0.3, -0.25) is 4.79 Å². The Kier molecular flexibility index (Phi) is 6.51.